The molecule has 6 heteroatoms. The van der Waals surface area contributed by atoms with Gasteiger partial charge in [0.15, 0.2) is 29.3 Å². The third kappa shape index (κ3) is 2.85. The van der Waals surface area contributed by atoms with E-state index in [0.29, 0.717) is 6.61 Å². The van der Waals surface area contributed by atoms with Crippen LogP contribution in [0.2, 0.25) is 0 Å². The van der Waals surface area contributed by atoms with E-state index in [9.17, 15) is 5.11 Å². The average molecular weight is 356 g/mol. The molecule has 0 radical (unpaired) electrons. The zero-order valence-electron chi connectivity index (χ0n) is 14.2. The number of rotatable bonds is 4. The van der Waals surface area contributed by atoms with E-state index in [1.165, 1.54) is 0 Å². The molecule has 0 aliphatic carbocycles. The highest BCUT2D eigenvalue weighted by atomic mass is 16.7. The SMILES string of the molecule is O[C@H]1OC[C@H](Cc2ccc3c(c2)OCO3)[C@@H]1Cc1ccc2c(c1)OCO2. The number of hydrogen-bond donors (Lipinski definition) is 1. The molecule has 0 saturated carbocycles. The Labute approximate surface area is 151 Å². The summed E-state index contributed by atoms with van der Waals surface area (Å²) < 4.78 is 27.2. The highest BCUT2D eigenvalue weighted by molar-refractivity contribution is 5.45. The van der Waals surface area contributed by atoms with Gasteiger partial charge >= 0.3 is 0 Å². The summed E-state index contributed by atoms with van der Waals surface area (Å²) in [7, 11) is 0. The summed E-state index contributed by atoms with van der Waals surface area (Å²) in [5, 5.41) is 10.3. The summed E-state index contributed by atoms with van der Waals surface area (Å²) in [6.07, 6.45) is 0.801. The van der Waals surface area contributed by atoms with Crippen LogP contribution in [0.25, 0.3) is 0 Å². The fourth-order valence-electron chi connectivity index (χ4n) is 3.89. The van der Waals surface area contributed by atoms with Crippen molar-refractivity contribution in [3.63, 3.8) is 0 Å². The predicted octanol–water partition coefficient (Wildman–Crippen LogP) is 2.51. The van der Waals surface area contributed by atoms with Crippen LogP contribution in [0.15, 0.2) is 36.4 Å². The van der Waals surface area contributed by atoms with Crippen LogP contribution in [-0.2, 0) is 17.6 Å². The molecule has 3 aliphatic rings. The molecule has 5 rings (SSSR count). The van der Waals surface area contributed by atoms with Crippen molar-refractivity contribution in [1.82, 2.24) is 0 Å². The molecular formula is C20H20O6. The van der Waals surface area contributed by atoms with E-state index < -0.39 is 6.29 Å². The van der Waals surface area contributed by atoms with Crippen LogP contribution < -0.4 is 18.9 Å². The molecule has 136 valence electrons. The molecule has 0 unspecified atom stereocenters. The van der Waals surface area contributed by atoms with E-state index in [4.69, 9.17) is 23.7 Å². The average Bonchev–Trinajstić information content (AvgIpc) is 3.37. The Morgan fingerprint density at radius 2 is 1.35 bits per heavy atom. The zero-order valence-corrected chi connectivity index (χ0v) is 14.2. The molecule has 3 heterocycles. The van der Waals surface area contributed by atoms with Gasteiger partial charge in [0, 0.05) is 5.92 Å². The van der Waals surface area contributed by atoms with Crippen LogP contribution in [0.3, 0.4) is 0 Å². The molecule has 1 fully saturated rings. The summed E-state index contributed by atoms with van der Waals surface area (Å²) in [6, 6.07) is 11.9. The minimum absolute atomic E-state index is 0.0285. The number of aliphatic hydroxyl groups excluding tert-OH is 1. The summed E-state index contributed by atoms with van der Waals surface area (Å²) in [6.45, 7) is 1.09. The highest BCUT2D eigenvalue weighted by Gasteiger charge is 2.36. The first-order valence-electron chi connectivity index (χ1n) is 8.83. The maximum Gasteiger partial charge on any atom is 0.231 e. The van der Waals surface area contributed by atoms with Crippen LogP contribution in [0, 0.1) is 11.8 Å². The second-order valence-electron chi connectivity index (χ2n) is 6.93. The van der Waals surface area contributed by atoms with E-state index in [-0.39, 0.29) is 25.4 Å². The van der Waals surface area contributed by atoms with Gasteiger partial charge in [0.1, 0.15) is 0 Å². The van der Waals surface area contributed by atoms with Crippen molar-refractivity contribution in [3.05, 3.63) is 47.5 Å². The molecule has 0 amide bonds. The van der Waals surface area contributed by atoms with Gasteiger partial charge in [0.2, 0.25) is 13.6 Å². The van der Waals surface area contributed by atoms with Gasteiger partial charge in [-0.15, -0.1) is 0 Å². The minimum atomic E-state index is -0.751. The summed E-state index contributed by atoms with van der Waals surface area (Å²) in [5.41, 5.74) is 2.27. The molecule has 0 aromatic heterocycles. The van der Waals surface area contributed by atoms with Gasteiger partial charge in [-0.05, 0) is 54.2 Å². The zero-order chi connectivity index (χ0) is 17.5. The van der Waals surface area contributed by atoms with Gasteiger partial charge in [0.05, 0.1) is 6.61 Å². The molecule has 2 aromatic carbocycles. The molecule has 0 bridgehead atoms. The van der Waals surface area contributed by atoms with Crippen molar-refractivity contribution in [1.29, 1.82) is 0 Å². The molecule has 3 aliphatic heterocycles. The Hall–Kier alpha value is -2.44. The number of hydrogen-bond acceptors (Lipinski definition) is 6. The van der Waals surface area contributed by atoms with Gasteiger partial charge in [-0.3, -0.25) is 0 Å². The first-order valence-corrected chi connectivity index (χ1v) is 8.83. The molecule has 2 aromatic rings. The van der Waals surface area contributed by atoms with E-state index >= 15 is 0 Å². The van der Waals surface area contributed by atoms with Crippen LogP contribution >= 0.6 is 0 Å². The van der Waals surface area contributed by atoms with Crippen LogP contribution in [0.5, 0.6) is 23.0 Å². The molecule has 1 saturated heterocycles. The van der Waals surface area contributed by atoms with Crippen LogP contribution in [0.4, 0.5) is 0 Å². The highest BCUT2D eigenvalue weighted by Crippen LogP contribution is 2.38. The molecule has 3 atom stereocenters. The number of fused-ring (bicyclic) bond motifs is 2. The van der Waals surface area contributed by atoms with Crippen LogP contribution in [0.1, 0.15) is 11.1 Å². The Morgan fingerprint density at radius 3 is 2.00 bits per heavy atom. The van der Waals surface area contributed by atoms with Gasteiger partial charge in [-0.25, -0.2) is 0 Å². The van der Waals surface area contributed by atoms with Crippen molar-refractivity contribution in [2.75, 3.05) is 20.2 Å². The summed E-state index contributed by atoms with van der Waals surface area (Å²) in [4.78, 5) is 0. The maximum atomic E-state index is 10.3. The van der Waals surface area contributed by atoms with Gasteiger partial charge in [-0.1, -0.05) is 12.1 Å². The predicted molar refractivity (Wildman–Crippen MR) is 91.5 cm³/mol. The van der Waals surface area contributed by atoms with Gasteiger partial charge < -0.3 is 28.8 Å². The first kappa shape index (κ1) is 15.8. The Bertz CT molecular complexity index is 820. The Balaban J connectivity index is 1.32. The van der Waals surface area contributed by atoms with Crippen molar-refractivity contribution in [3.8, 4) is 23.0 Å². The lowest BCUT2D eigenvalue weighted by Gasteiger charge is -2.20. The second kappa shape index (κ2) is 6.37. The number of ether oxygens (including phenoxy) is 5. The van der Waals surface area contributed by atoms with Crippen molar-refractivity contribution in [2.45, 2.75) is 19.1 Å². The molecular weight excluding hydrogens is 336 g/mol. The molecule has 0 spiro atoms. The van der Waals surface area contributed by atoms with Crippen LogP contribution in [-0.4, -0.2) is 31.6 Å². The number of benzene rings is 2. The fraction of sp³-hybridized carbons (Fsp3) is 0.400. The Morgan fingerprint density at radius 1 is 0.769 bits per heavy atom. The van der Waals surface area contributed by atoms with Crippen molar-refractivity contribution >= 4 is 0 Å². The largest absolute Gasteiger partial charge is 0.454 e. The summed E-state index contributed by atoms with van der Waals surface area (Å²) >= 11 is 0. The molecule has 1 N–H and O–H groups in total. The minimum Gasteiger partial charge on any atom is -0.454 e. The topological polar surface area (TPSA) is 66.4 Å². The van der Waals surface area contributed by atoms with E-state index in [1.807, 2.05) is 30.3 Å². The summed E-state index contributed by atoms with van der Waals surface area (Å²) in [5.74, 6) is 3.37. The van der Waals surface area contributed by atoms with Crippen molar-refractivity contribution in [2.24, 2.45) is 11.8 Å². The van der Waals surface area contributed by atoms with Gasteiger partial charge in [-0.2, -0.15) is 0 Å². The molecule has 6 nitrogen and oxygen atoms in total. The first-order chi connectivity index (χ1) is 12.8. The normalized spacial score (nSPS) is 25.7. The third-order valence-electron chi connectivity index (χ3n) is 5.30. The molecule has 26 heavy (non-hydrogen) atoms. The smallest absolute Gasteiger partial charge is 0.231 e. The standard InChI is InChI=1S/C20H20O6/c21-20-15(6-13-2-4-17-19(8-13)26-11-24-17)14(9-22-20)5-12-1-3-16-18(7-12)25-10-23-16/h1-4,7-8,14-15,20-21H,5-6,9-11H2/t14-,15-,20-/m0/s1. The lowest BCUT2D eigenvalue weighted by atomic mass is 9.84. The van der Waals surface area contributed by atoms with Crippen molar-refractivity contribution < 1.29 is 28.8 Å². The monoisotopic (exact) mass is 356 g/mol. The van der Waals surface area contributed by atoms with E-state index in [2.05, 4.69) is 6.07 Å². The second-order valence-corrected chi connectivity index (χ2v) is 6.93. The van der Waals surface area contributed by atoms with Gasteiger partial charge in [0.25, 0.3) is 0 Å². The maximum absolute atomic E-state index is 10.3. The lowest BCUT2D eigenvalue weighted by molar-refractivity contribution is -0.0820. The Kier molecular flexibility index (Phi) is 3.87. The number of aliphatic hydroxyl groups is 1. The third-order valence-corrected chi connectivity index (χ3v) is 5.30. The quantitative estimate of drug-likeness (QED) is 0.908. The fourth-order valence-corrected chi connectivity index (χ4v) is 3.89. The van der Waals surface area contributed by atoms with E-state index in [0.717, 1.165) is 47.0 Å². The van der Waals surface area contributed by atoms with E-state index in [1.54, 1.807) is 0 Å². The lowest BCUT2D eigenvalue weighted by Crippen LogP contribution is -2.24.